The molecule has 0 amide bonds. The molecule has 0 aromatic rings. The second-order valence-corrected chi connectivity index (χ2v) is 8.24. The maximum atomic E-state index is 12.3. The van der Waals surface area contributed by atoms with Gasteiger partial charge in [-0.05, 0) is 48.5 Å². The van der Waals surface area contributed by atoms with E-state index in [1.54, 1.807) is 0 Å². The van der Waals surface area contributed by atoms with Crippen LogP contribution in [-0.4, -0.2) is 11.6 Å². The number of carbonyl (C=O) groups is 2. The van der Waals surface area contributed by atoms with Crippen molar-refractivity contribution in [1.29, 1.82) is 0 Å². The van der Waals surface area contributed by atoms with Gasteiger partial charge in [0.25, 0.3) is 0 Å². The van der Waals surface area contributed by atoms with Gasteiger partial charge < -0.3 is 0 Å². The maximum Gasteiger partial charge on any atom is 0.155 e. The highest BCUT2D eigenvalue weighted by Crippen LogP contribution is 2.64. The van der Waals surface area contributed by atoms with Gasteiger partial charge in [-0.15, -0.1) is 0 Å². The molecule has 110 valence electrons. The summed E-state index contributed by atoms with van der Waals surface area (Å²) < 4.78 is 0. The number of Topliss-reactive ketones (excluding diaryl/α,β-unsaturated/α-hetero) is 1. The number of carbonyl (C=O) groups excluding carboxylic acids is 2. The van der Waals surface area contributed by atoms with E-state index in [-0.39, 0.29) is 22.0 Å². The normalized spacial score (nSPS) is 43.6. The van der Waals surface area contributed by atoms with Crippen LogP contribution in [0.25, 0.3) is 0 Å². The van der Waals surface area contributed by atoms with Gasteiger partial charge in [-0.1, -0.05) is 33.3 Å². The van der Waals surface area contributed by atoms with Crippen LogP contribution in [0.15, 0.2) is 11.6 Å². The van der Waals surface area contributed by atoms with Crippen molar-refractivity contribution >= 4 is 11.6 Å². The first-order chi connectivity index (χ1) is 9.20. The predicted molar refractivity (Wildman–Crippen MR) is 79.3 cm³/mol. The van der Waals surface area contributed by atoms with E-state index in [9.17, 15) is 9.59 Å². The third kappa shape index (κ3) is 1.69. The Balaban J connectivity index is 2.11. The molecule has 3 rings (SSSR count). The first-order valence-corrected chi connectivity index (χ1v) is 7.99. The highest BCUT2D eigenvalue weighted by molar-refractivity contribution is 5.92. The van der Waals surface area contributed by atoms with E-state index in [2.05, 4.69) is 27.7 Å². The summed E-state index contributed by atoms with van der Waals surface area (Å²) >= 11 is 0. The fourth-order valence-electron chi connectivity index (χ4n) is 5.38. The second-order valence-electron chi connectivity index (χ2n) is 8.24. The molecular weight excluding hydrogens is 248 g/mol. The number of hydrogen-bond acceptors (Lipinski definition) is 2. The molecule has 0 N–H and O–H groups in total. The van der Waals surface area contributed by atoms with Gasteiger partial charge in [-0.25, -0.2) is 0 Å². The van der Waals surface area contributed by atoms with E-state index in [1.165, 1.54) is 5.57 Å². The molecule has 2 heteroatoms. The van der Waals surface area contributed by atoms with Gasteiger partial charge in [0.05, 0.1) is 0 Å². The summed E-state index contributed by atoms with van der Waals surface area (Å²) in [5, 5.41) is 0. The lowest BCUT2D eigenvalue weighted by atomic mass is 9.44. The average Bonchev–Trinajstić information content (AvgIpc) is 2.37. The quantitative estimate of drug-likeness (QED) is 0.667. The van der Waals surface area contributed by atoms with Gasteiger partial charge in [0.15, 0.2) is 5.78 Å². The lowest BCUT2D eigenvalue weighted by Gasteiger charge is -2.59. The predicted octanol–water partition coefficient (Wildman–Crippen LogP) is 4.09. The Morgan fingerprint density at radius 1 is 1.00 bits per heavy atom. The molecule has 3 aliphatic rings. The lowest BCUT2D eigenvalue weighted by molar-refractivity contribution is -0.141. The maximum absolute atomic E-state index is 12.3. The molecule has 0 saturated heterocycles. The van der Waals surface area contributed by atoms with E-state index >= 15 is 0 Å². The Hall–Kier alpha value is -0.920. The van der Waals surface area contributed by atoms with Crippen LogP contribution in [-0.2, 0) is 9.59 Å². The average molecular weight is 274 g/mol. The topological polar surface area (TPSA) is 34.1 Å². The summed E-state index contributed by atoms with van der Waals surface area (Å²) in [5.41, 5.74) is 1.35. The van der Waals surface area contributed by atoms with Crippen LogP contribution in [0.1, 0.15) is 66.2 Å². The van der Waals surface area contributed by atoms with Crippen molar-refractivity contribution in [3.05, 3.63) is 11.6 Å². The van der Waals surface area contributed by atoms with Crippen LogP contribution in [0.2, 0.25) is 0 Å². The fourth-order valence-corrected chi connectivity index (χ4v) is 5.38. The van der Waals surface area contributed by atoms with Gasteiger partial charge in [0.2, 0.25) is 0 Å². The largest absolute Gasteiger partial charge is 0.299 e. The molecule has 0 spiro atoms. The van der Waals surface area contributed by atoms with E-state index < -0.39 is 0 Å². The van der Waals surface area contributed by atoms with Gasteiger partial charge in [0.1, 0.15) is 5.78 Å². The van der Waals surface area contributed by atoms with E-state index in [0.717, 1.165) is 25.7 Å². The Kier molecular flexibility index (Phi) is 2.84. The Morgan fingerprint density at radius 2 is 1.70 bits per heavy atom. The number of rotatable bonds is 0. The molecule has 0 aromatic heterocycles. The minimum Gasteiger partial charge on any atom is -0.299 e. The molecule has 0 aliphatic heterocycles. The van der Waals surface area contributed by atoms with Crippen molar-refractivity contribution in [2.45, 2.75) is 66.2 Å². The van der Waals surface area contributed by atoms with Crippen molar-refractivity contribution < 1.29 is 9.59 Å². The third-order valence-electron chi connectivity index (χ3n) is 6.71. The summed E-state index contributed by atoms with van der Waals surface area (Å²) in [5.74, 6) is 1.09. The molecule has 1 unspecified atom stereocenters. The van der Waals surface area contributed by atoms with Crippen LogP contribution < -0.4 is 0 Å². The zero-order valence-corrected chi connectivity index (χ0v) is 13.2. The van der Waals surface area contributed by atoms with Crippen molar-refractivity contribution in [3.63, 3.8) is 0 Å². The molecular formula is C18H26O2. The number of fused-ring (bicyclic) bond motifs is 3. The zero-order chi connectivity index (χ0) is 14.8. The Morgan fingerprint density at radius 3 is 2.40 bits per heavy atom. The number of allylic oxidation sites excluding steroid dienone is 2. The molecule has 2 saturated carbocycles. The minimum absolute atomic E-state index is 0.0422. The van der Waals surface area contributed by atoms with Crippen LogP contribution in [0, 0.1) is 22.2 Å². The molecule has 3 aliphatic carbocycles. The van der Waals surface area contributed by atoms with Gasteiger partial charge in [-0.2, -0.15) is 0 Å². The van der Waals surface area contributed by atoms with Crippen LogP contribution >= 0.6 is 0 Å². The summed E-state index contributed by atoms with van der Waals surface area (Å²) in [6.07, 6.45) is 7.48. The highest BCUT2D eigenvalue weighted by atomic mass is 16.1. The van der Waals surface area contributed by atoms with Gasteiger partial charge in [0, 0.05) is 18.3 Å². The van der Waals surface area contributed by atoms with Crippen molar-refractivity contribution in [1.82, 2.24) is 0 Å². The molecule has 3 atom stereocenters. The standard InChI is InChI=1S/C18H26O2/c1-16(2)13-6-9-17(3)8-5-12(19)11-14(17)18(13,4)10-7-15(16)20/h11,13H,5-10H2,1-4H3/t13-,17+,18?/m0/s1. The SMILES string of the molecule is CC1(C)C(=O)CCC2(C)C3=CC(=O)CC[C@]3(C)CC[C@@H]12. The van der Waals surface area contributed by atoms with Gasteiger partial charge >= 0.3 is 0 Å². The molecule has 0 heterocycles. The lowest BCUT2D eigenvalue weighted by Crippen LogP contribution is -2.54. The van der Waals surface area contributed by atoms with E-state index in [0.29, 0.717) is 24.5 Å². The van der Waals surface area contributed by atoms with E-state index in [1.807, 2.05) is 6.08 Å². The molecule has 0 bridgehead atoms. The summed E-state index contributed by atoms with van der Waals surface area (Å²) in [6.45, 7) is 8.88. The fraction of sp³-hybridized carbons (Fsp3) is 0.778. The second kappa shape index (κ2) is 4.05. The molecule has 2 nitrogen and oxygen atoms in total. The molecule has 0 aromatic carbocycles. The summed E-state index contributed by atoms with van der Waals surface area (Å²) in [4.78, 5) is 24.3. The summed E-state index contributed by atoms with van der Waals surface area (Å²) in [7, 11) is 0. The number of hydrogen-bond donors (Lipinski definition) is 0. The van der Waals surface area contributed by atoms with Crippen molar-refractivity contribution in [2.24, 2.45) is 22.2 Å². The molecule has 2 fully saturated rings. The highest BCUT2D eigenvalue weighted by Gasteiger charge is 2.58. The first kappa shape index (κ1) is 14.0. The molecule has 0 radical (unpaired) electrons. The van der Waals surface area contributed by atoms with Crippen molar-refractivity contribution in [3.8, 4) is 0 Å². The van der Waals surface area contributed by atoms with Crippen LogP contribution in [0.3, 0.4) is 0 Å². The minimum atomic E-state index is -0.240. The smallest absolute Gasteiger partial charge is 0.155 e. The Bertz CT molecular complexity index is 514. The molecule has 20 heavy (non-hydrogen) atoms. The summed E-state index contributed by atoms with van der Waals surface area (Å²) in [6, 6.07) is 0. The van der Waals surface area contributed by atoms with E-state index in [4.69, 9.17) is 0 Å². The monoisotopic (exact) mass is 274 g/mol. The zero-order valence-electron chi connectivity index (χ0n) is 13.2. The number of ketones is 2. The Labute approximate surface area is 122 Å². The first-order valence-electron chi connectivity index (χ1n) is 7.99. The van der Waals surface area contributed by atoms with Crippen molar-refractivity contribution in [2.75, 3.05) is 0 Å². The van der Waals surface area contributed by atoms with Crippen LogP contribution in [0.4, 0.5) is 0 Å². The van der Waals surface area contributed by atoms with Crippen LogP contribution in [0.5, 0.6) is 0 Å². The third-order valence-corrected chi connectivity index (χ3v) is 6.71. The van der Waals surface area contributed by atoms with Gasteiger partial charge in [-0.3, -0.25) is 9.59 Å².